The Kier molecular flexibility index (Phi) is 6.36. The molecule has 0 bridgehead atoms. The first-order valence-corrected chi connectivity index (χ1v) is 8.44. The normalized spacial score (nSPS) is 13.5. The molecule has 8 heteroatoms. The molecule has 1 aromatic carbocycles. The number of sulfonamides is 1. The van der Waals surface area contributed by atoms with Crippen molar-refractivity contribution in [2.75, 3.05) is 12.3 Å². The van der Waals surface area contributed by atoms with Crippen LogP contribution in [0.4, 0.5) is 0 Å². The zero-order valence-electron chi connectivity index (χ0n) is 10.3. The van der Waals surface area contributed by atoms with Crippen molar-refractivity contribution in [3.05, 3.63) is 32.8 Å². The Morgan fingerprint density at radius 1 is 1.26 bits per heavy atom. The highest BCUT2D eigenvalue weighted by Gasteiger charge is 2.14. The molecule has 0 aromatic heterocycles. The summed E-state index contributed by atoms with van der Waals surface area (Å²) in [5.74, 6) is -0.0537. The van der Waals surface area contributed by atoms with Crippen molar-refractivity contribution in [1.29, 1.82) is 0 Å². The number of nitrogens with one attached hydrogen (secondary N) is 1. The highest BCUT2D eigenvalue weighted by molar-refractivity contribution is 7.89. The summed E-state index contributed by atoms with van der Waals surface area (Å²) < 4.78 is 21.6. The molecular weight excluding hydrogens is 331 g/mol. The van der Waals surface area contributed by atoms with Crippen molar-refractivity contribution in [3.8, 4) is 0 Å². The Hall–Kier alpha value is -0.0400. The van der Waals surface area contributed by atoms with Gasteiger partial charge in [0.05, 0.1) is 20.8 Å². The third-order valence-corrected chi connectivity index (χ3v) is 4.75. The van der Waals surface area contributed by atoms with Gasteiger partial charge < -0.3 is 5.32 Å². The first kappa shape index (κ1) is 17.0. The van der Waals surface area contributed by atoms with E-state index in [4.69, 9.17) is 39.9 Å². The highest BCUT2D eigenvalue weighted by Crippen LogP contribution is 2.35. The quantitative estimate of drug-likeness (QED) is 0.615. The second-order valence-corrected chi connectivity index (χ2v) is 7.06. The summed E-state index contributed by atoms with van der Waals surface area (Å²) in [6, 6.07) is 3.39. The molecule has 108 valence electrons. The molecule has 1 rings (SSSR count). The zero-order chi connectivity index (χ0) is 14.6. The fourth-order valence-electron chi connectivity index (χ4n) is 1.58. The second-order valence-electron chi connectivity index (χ2n) is 4.16. The maximum absolute atomic E-state index is 10.8. The third kappa shape index (κ3) is 5.45. The lowest BCUT2D eigenvalue weighted by atomic mass is 10.1. The van der Waals surface area contributed by atoms with Gasteiger partial charge >= 0.3 is 0 Å². The summed E-state index contributed by atoms with van der Waals surface area (Å²) in [6.45, 7) is 2.41. The fraction of sp³-hybridized carbons (Fsp3) is 0.455. The number of halogens is 3. The number of nitrogens with two attached hydrogens (primary N) is 1. The van der Waals surface area contributed by atoms with Crippen LogP contribution in [0.5, 0.6) is 0 Å². The van der Waals surface area contributed by atoms with E-state index in [1.807, 2.05) is 6.92 Å². The van der Waals surface area contributed by atoms with Crippen LogP contribution in [0.25, 0.3) is 0 Å². The maximum Gasteiger partial charge on any atom is 0.209 e. The van der Waals surface area contributed by atoms with Gasteiger partial charge in [0.15, 0.2) is 0 Å². The Morgan fingerprint density at radius 3 is 2.47 bits per heavy atom. The Morgan fingerprint density at radius 2 is 1.89 bits per heavy atom. The lowest BCUT2D eigenvalue weighted by Crippen LogP contribution is -2.24. The number of rotatable bonds is 6. The van der Waals surface area contributed by atoms with Gasteiger partial charge in [-0.3, -0.25) is 0 Å². The third-order valence-electron chi connectivity index (χ3n) is 2.59. The summed E-state index contributed by atoms with van der Waals surface area (Å²) in [4.78, 5) is 0. The van der Waals surface area contributed by atoms with Gasteiger partial charge in [-0.1, -0.05) is 40.9 Å². The van der Waals surface area contributed by atoms with Crippen molar-refractivity contribution < 1.29 is 8.42 Å². The van der Waals surface area contributed by atoms with E-state index in [0.29, 0.717) is 28.0 Å². The van der Waals surface area contributed by atoms with Crippen LogP contribution < -0.4 is 10.5 Å². The maximum atomic E-state index is 10.8. The lowest BCUT2D eigenvalue weighted by Gasteiger charge is -2.16. The predicted molar refractivity (Wildman–Crippen MR) is 80.5 cm³/mol. The first-order chi connectivity index (χ1) is 8.72. The van der Waals surface area contributed by atoms with Crippen molar-refractivity contribution in [2.45, 2.75) is 19.4 Å². The average Bonchev–Trinajstić information content (AvgIpc) is 2.30. The van der Waals surface area contributed by atoms with E-state index in [2.05, 4.69) is 5.32 Å². The summed E-state index contributed by atoms with van der Waals surface area (Å²) in [6.07, 6.45) is 0.433. The molecule has 0 fully saturated rings. The lowest BCUT2D eigenvalue weighted by molar-refractivity contribution is 0.561. The zero-order valence-corrected chi connectivity index (χ0v) is 13.4. The molecule has 0 aliphatic heterocycles. The number of hydrogen-bond acceptors (Lipinski definition) is 3. The van der Waals surface area contributed by atoms with Gasteiger partial charge in [-0.2, -0.15) is 0 Å². The second kappa shape index (κ2) is 7.11. The minimum atomic E-state index is -3.41. The van der Waals surface area contributed by atoms with Gasteiger partial charge in [0.25, 0.3) is 0 Å². The predicted octanol–water partition coefficient (Wildman–Crippen LogP) is 2.98. The van der Waals surface area contributed by atoms with E-state index in [1.54, 1.807) is 12.1 Å². The van der Waals surface area contributed by atoms with Crippen molar-refractivity contribution in [3.63, 3.8) is 0 Å². The number of hydrogen-bond donors (Lipinski definition) is 2. The molecule has 1 aromatic rings. The minimum absolute atomic E-state index is 0.0537. The minimum Gasteiger partial charge on any atom is -0.310 e. The van der Waals surface area contributed by atoms with E-state index < -0.39 is 10.0 Å². The van der Waals surface area contributed by atoms with E-state index >= 15 is 0 Å². The SMILES string of the molecule is CC(NCCCS(N)(=O)=O)c1ccc(Cl)c(Cl)c1Cl. The van der Waals surface area contributed by atoms with Gasteiger partial charge in [0, 0.05) is 6.04 Å². The first-order valence-electron chi connectivity index (χ1n) is 5.59. The molecule has 0 heterocycles. The van der Waals surface area contributed by atoms with Gasteiger partial charge in [0.1, 0.15) is 0 Å². The monoisotopic (exact) mass is 344 g/mol. The summed E-state index contributed by atoms with van der Waals surface area (Å²) in [7, 11) is -3.41. The van der Waals surface area contributed by atoms with Crippen LogP contribution in [0, 0.1) is 0 Å². The molecule has 0 aliphatic rings. The van der Waals surface area contributed by atoms with E-state index in [0.717, 1.165) is 5.56 Å². The molecule has 0 saturated carbocycles. The largest absolute Gasteiger partial charge is 0.310 e. The molecular formula is C11H15Cl3N2O2S. The number of benzene rings is 1. The molecule has 19 heavy (non-hydrogen) atoms. The van der Waals surface area contributed by atoms with Crippen molar-refractivity contribution in [1.82, 2.24) is 5.32 Å². The topological polar surface area (TPSA) is 72.2 Å². The van der Waals surface area contributed by atoms with E-state index in [9.17, 15) is 8.42 Å². The van der Waals surface area contributed by atoms with Gasteiger partial charge in [-0.25, -0.2) is 13.6 Å². The Balaban J connectivity index is 2.59. The molecule has 4 nitrogen and oxygen atoms in total. The van der Waals surface area contributed by atoms with E-state index in [-0.39, 0.29) is 11.8 Å². The summed E-state index contributed by atoms with van der Waals surface area (Å²) in [5.41, 5.74) is 0.812. The van der Waals surface area contributed by atoms with Crippen LogP contribution in [0.3, 0.4) is 0 Å². The molecule has 1 atom stereocenters. The smallest absolute Gasteiger partial charge is 0.209 e. The molecule has 0 radical (unpaired) electrons. The summed E-state index contributed by atoms with van der Waals surface area (Å²) in [5, 5.41) is 9.19. The number of primary sulfonamides is 1. The van der Waals surface area contributed by atoms with Gasteiger partial charge in [-0.15, -0.1) is 0 Å². The fourth-order valence-corrected chi connectivity index (χ4v) is 2.83. The molecule has 3 N–H and O–H groups in total. The van der Waals surface area contributed by atoms with Crippen LogP contribution in [0.1, 0.15) is 24.9 Å². The van der Waals surface area contributed by atoms with Crippen LogP contribution in [0.15, 0.2) is 12.1 Å². The molecule has 0 saturated heterocycles. The molecule has 0 amide bonds. The Bertz CT molecular complexity index is 549. The van der Waals surface area contributed by atoms with Crippen LogP contribution in [-0.4, -0.2) is 20.7 Å². The molecule has 0 spiro atoms. The van der Waals surface area contributed by atoms with Crippen molar-refractivity contribution >= 4 is 44.8 Å². The van der Waals surface area contributed by atoms with Crippen LogP contribution >= 0.6 is 34.8 Å². The van der Waals surface area contributed by atoms with Crippen molar-refractivity contribution in [2.24, 2.45) is 5.14 Å². The van der Waals surface area contributed by atoms with E-state index in [1.165, 1.54) is 0 Å². The Labute approximate surface area is 128 Å². The van der Waals surface area contributed by atoms with Gasteiger partial charge in [0.2, 0.25) is 10.0 Å². The average molecular weight is 346 g/mol. The summed E-state index contributed by atoms with van der Waals surface area (Å²) >= 11 is 17.9. The molecule has 0 aliphatic carbocycles. The standard InChI is InChI=1S/C11H15Cl3N2O2S/c1-7(16-5-2-6-19(15,17)18)8-3-4-9(12)11(14)10(8)13/h3-4,7,16H,2,5-6H2,1H3,(H2,15,17,18). The highest BCUT2D eigenvalue weighted by atomic mass is 35.5. The van der Waals surface area contributed by atoms with Gasteiger partial charge in [-0.05, 0) is 31.5 Å². The van der Waals surface area contributed by atoms with Crippen LogP contribution in [-0.2, 0) is 10.0 Å². The van der Waals surface area contributed by atoms with Crippen LogP contribution in [0.2, 0.25) is 15.1 Å². The molecule has 1 unspecified atom stereocenters.